The van der Waals surface area contributed by atoms with Gasteiger partial charge >= 0.3 is 0 Å². The summed E-state index contributed by atoms with van der Waals surface area (Å²) in [4.78, 5) is 23.5. The lowest BCUT2D eigenvalue weighted by Gasteiger charge is -2.24. The number of hydrogen-bond donors (Lipinski definition) is 1. The van der Waals surface area contributed by atoms with Crippen LogP contribution in [0.4, 0.5) is 15.3 Å². The summed E-state index contributed by atoms with van der Waals surface area (Å²) in [6.45, 7) is 0.917. The molecule has 0 saturated carbocycles. The molecule has 6 nitrogen and oxygen atoms in total. The number of halogens is 1. The Labute approximate surface area is 172 Å². The van der Waals surface area contributed by atoms with E-state index < -0.39 is 0 Å². The first kappa shape index (κ1) is 19.3. The summed E-state index contributed by atoms with van der Waals surface area (Å²) in [6.07, 6.45) is 3.79. The fourth-order valence-electron chi connectivity index (χ4n) is 3.43. The number of anilines is 2. The zero-order valence-electron chi connectivity index (χ0n) is 15.8. The zero-order valence-corrected chi connectivity index (χ0v) is 16.6. The van der Waals surface area contributed by atoms with Gasteiger partial charge in [-0.1, -0.05) is 12.1 Å². The molecule has 1 amide bonds. The Kier molecular flexibility index (Phi) is 6.00. The first-order valence-electron chi connectivity index (χ1n) is 9.50. The van der Waals surface area contributed by atoms with Crippen LogP contribution in [-0.2, 0) is 4.79 Å². The van der Waals surface area contributed by atoms with Gasteiger partial charge in [-0.2, -0.15) is 0 Å². The molecule has 1 fully saturated rings. The Morgan fingerprint density at radius 3 is 3.03 bits per heavy atom. The van der Waals surface area contributed by atoms with Crippen LogP contribution in [0, 0.1) is 5.82 Å². The van der Waals surface area contributed by atoms with Gasteiger partial charge in [0.1, 0.15) is 17.4 Å². The molecule has 0 aliphatic carbocycles. The summed E-state index contributed by atoms with van der Waals surface area (Å²) in [5.74, 6) is 0.805. The summed E-state index contributed by atoms with van der Waals surface area (Å²) in [6, 6.07) is 11.7. The van der Waals surface area contributed by atoms with Crippen molar-refractivity contribution in [2.24, 2.45) is 0 Å². The van der Waals surface area contributed by atoms with E-state index in [2.05, 4.69) is 15.3 Å². The molecule has 0 radical (unpaired) electrons. The average Bonchev–Trinajstić information content (AvgIpc) is 3.40. The zero-order chi connectivity index (χ0) is 20.1. The lowest BCUT2D eigenvalue weighted by atomic mass is 10.1. The molecule has 1 aromatic carbocycles. The van der Waals surface area contributed by atoms with E-state index in [0.717, 1.165) is 23.7 Å². The van der Waals surface area contributed by atoms with E-state index in [1.165, 1.54) is 23.5 Å². The number of carbonyl (C=O) groups is 1. The highest BCUT2D eigenvalue weighted by Gasteiger charge is 2.30. The van der Waals surface area contributed by atoms with Crippen molar-refractivity contribution < 1.29 is 13.9 Å². The van der Waals surface area contributed by atoms with Crippen LogP contribution in [0.5, 0.6) is 5.75 Å². The smallest absolute Gasteiger partial charge is 0.226 e. The number of pyridine rings is 1. The quantitative estimate of drug-likeness (QED) is 0.616. The SMILES string of the molecule is O=C(CCOc1cccc(F)c1)N1CCCC1c1cccc(Nc2nccs2)n1. The molecule has 2 aromatic heterocycles. The third-order valence-corrected chi connectivity index (χ3v) is 5.42. The van der Waals surface area contributed by atoms with E-state index >= 15 is 0 Å². The number of benzene rings is 1. The first-order chi connectivity index (χ1) is 14.2. The summed E-state index contributed by atoms with van der Waals surface area (Å²) in [5, 5.41) is 5.87. The second kappa shape index (κ2) is 9.00. The topological polar surface area (TPSA) is 67.3 Å². The summed E-state index contributed by atoms with van der Waals surface area (Å²) in [7, 11) is 0. The minimum atomic E-state index is -0.356. The van der Waals surface area contributed by atoms with E-state index in [-0.39, 0.29) is 30.8 Å². The standard InChI is InChI=1S/C21H21FN4O2S/c22-15-4-1-5-16(14-15)28-12-9-20(27)26-11-3-7-18(26)17-6-2-8-19(24-17)25-21-23-10-13-29-21/h1-2,4-6,8,10,13-14,18H,3,7,9,11-12H2,(H,23,24,25). The number of nitrogens with zero attached hydrogens (tertiary/aromatic N) is 3. The van der Waals surface area contributed by atoms with Gasteiger partial charge in [0.25, 0.3) is 0 Å². The molecule has 0 bridgehead atoms. The van der Waals surface area contributed by atoms with Gasteiger partial charge in [-0.15, -0.1) is 11.3 Å². The second-order valence-corrected chi connectivity index (χ2v) is 7.61. The highest BCUT2D eigenvalue weighted by Crippen LogP contribution is 2.32. The minimum Gasteiger partial charge on any atom is -0.493 e. The van der Waals surface area contributed by atoms with Crippen LogP contribution >= 0.6 is 11.3 Å². The highest BCUT2D eigenvalue weighted by molar-refractivity contribution is 7.13. The molecule has 1 atom stereocenters. The van der Waals surface area contributed by atoms with Gasteiger partial charge in [0, 0.05) is 24.2 Å². The number of nitrogens with one attached hydrogen (secondary N) is 1. The number of rotatable bonds is 7. The lowest BCUT2D eigenvalue weighted by molar-refractivity contribution is -0.132. The van der Waals surface area contributed by atoms with Crippen LogP contribution in [0.25, 0.3) is 0 Å². The first-order valence-corrected chi connectivity index (χ1v) is 10.4. The molecule has 1 aliphatic heterocycles. The van der Waals surface area contributed by atoms with Crippen LogP contribution in [0.2, 0.25) is 0 Å². The van der Waals surface area contributed by atoms with Crippen molar-refractivity contribution in [3.05, 3.63) is 65.6 Å². The van der Waals surface area contributed by atoms with Gasteiger partial charge in [0.15, 0.2) is 5.13 Å². The fourth-order valence-corrected chi connectivity index (χ4v) is 3.97. The maximum absolute atomic E-state index is 13.2. The van der Waals surface area contributed by atoms with Crippen molar-refractivity contribution in [3.63, 3.8) is 0 Å². The van der Waals surface area contributed by atoms with Gasteiger partial charge in [-0.05, 0) is 37.1 Å². The van der Waals surface area contributed by atoms with Crippen molar-refractivity contribution in [2.45, 2.75) is 25.3 Å². The predicted octanol–water partition coefficient (Wildman–Crippen LogP) is 4.55. The highest BCUT2D eigenvalue weighted by atomic mass is 32.1. The number of carbonyl (C=O) groups excluding carboxylic acids is 1. The van der Waals surface area contributed by atoms with Crippen LogP contribution in [0.1, 0.15) is 31.0 Å². The minimum absolute atomic E-state index is 0.0176. The maximum atomic E-state index is 13.2. The molecule has 1 aliphatic rings. The van der Waals surface area contributed by atoms with Gasteiger partial charge in [0.05, 0.1) is 24.8 Å². The number of hydrogen-bond acceptors (Lipinski definition) is 6. The largest absolute Gasteiger partial charge is 0.493 e. The molecule has 3 heterocycles. The van der Waals surface area contributed by atoms with E-state index in [4.69, 9.17) is 4.74 Å². The molecule has 29 heavy (non-hydrogen) atoms. The molecular weight excluding hydrogens is 391 g/mol. The Morgan fingerprint density at radius 1 is 1.31 bits per heavy atom. The van der Waals surface area contributed by atoms with Crippen molar-refractivity contribution in [1.29, 1.82) is 0 Å². The molecule has 150 valence electrons. The van der Waals surface area contributed by atoms with E-state index in [1.807, 2.05) is 28.5 Å². The van der Waals surface area contributed by atoms with E-state index in [1.54, 1.807) is 18.3 Å². The normalized spacial score (nSPS) is 16.0. The number of ether oxygens (including phenoxy) is 1. The number of likely N-dealkylation sites (tertiary alicyclic amines) is 1. The Bertz CT molecular complexity index is 967. The van der Waals surface area contributed by atoms with Crippen molar-refractivity contribution in [2.75, 3.05) is 18.5 Å². The Morgan fingerprint density at radius 2 is 2.21 bits per heavy atom. The molecule has 1 unspecified atom stereocenters. The lowest BCUT2D eigenvalue weighted by Crippen LogP contribution is -2.32. The predicted molar refractivity (Wildman–Crippen MR) is 110 cm³/mol. The Balaban J connectivity index is 1.37. The second-order valence-electron chi connectivity index (χ2n) is 6.71. The van der Waals surface area contributed by atoms with E-state index in [0.29, 0.717) is 18.1 Å². The van der Waals surface area contributed by atoms with Crippen LogP contribution < -0.4 is 10.1 Å². The number of amides is 1. The van der Waals surface area contributed by atoms with Crippen LogP contribution in [0.3, 0.4) is 0 Å². The Hall–Kier alpha value is -3.00. The van der Waals surface area contributed by atoms with Gasteiger partial charge < -0.3 is 15.0 Å². The molecule has 3 aromatic rings. The van der Waals surface area contributed by atoms with Gasteiger partial charge in [-0.3, -0.25) is 4.79 Å². The monoisotopic (exact) mass is 412 g/mol. The molecular formula is C21H21FN4O2S. The molecule has 4 rings (SSSR count). The molecule has 1 saturated heterocycles. The van der Waals surface area contributed by atoms with Crippen LogP contribution in [0.15, 0.2) is 54.0 Å². The average molecular weight is 412 g/mol. The van der Waals surface area contributed by atoms with E-state index in [9.17, 15) is 9.18 Å². The fraction of sp³-hybridized carbons (Fsp3) is 0.286. The number of thiazole rings is 1. The molecule has 0 spiro atoms. The van der Waals surface area contributed by atoms with Crippen molar-refractivity contribution in [3.8, 4) is 5.75 Å². The third-order valence-electron chi connectivity index (χ3n) is 4.73. The summed E-state index contributed by atoms with van der Waals surface area (Å²) < 4.78 is 18.7. The maximum Gasteiger partial charge on any atom is 0.226 e. The number of aromatic nitrogens is 2. The van der Waals surface area contributed by atoms with Crippen molar-refractivity contribution >= 4 is 28.2 Å². The van der Waals surface area contributed by atoms with Gasteiger partial charge in [0.2, 0.25) is 5.91 Å². The van der Waals surface area contributed by atoms with Crippen molar-refractivity contribution in [1.82, 2.24) is 14.9 Å². The third kappa shape index (κ3) is 4.89. The molecule has 1 N–H and O–H groups in total. The summed E-state index contributed by atoms with van der Waals surface area (Å²) in [5.41, 5.74) is 0.864. The molecule has 8 heteroatoms. The van der Waals surface area contributed by atoms with Gasteiger partial charge in [-0.25, -0.2) is 14.4 Å². The summed E-state index contributed by atoms with van der Waals surface area (Å²) >= 11 is 1.51. The van der Waals surface area contributed by atoms with Crippen LogP contribution in [-0.4, -0.2) is 33.9 Å².